The minimum absolute atomic E-state index is 0.00213. The van der Waals surface area contributed by atoms with E-state index in [0.717, 1.165) is 64.3 Å². The molecule has 142 valence electrons. The van der Waals surface area contributed by atoms with Gasteiger partial charge in [0, 0.05) is 23.7 Å². The second kappa shape index (κ2) is 7.21. The number of nitrogens with zero attached hydrogens (tertiary/aromatic N) is 5. The summed E-state index contributed by atoms with van der Waals surface area (Å²) in [5.41, 5.74) is 1.91. The van der Waals surface area contributed by atoms with Crippen molar-refractivity contribution in [3.05, 3.63) is 53.8 Å². The number of fused-ring (bicyclic) bond motifs is 1. The van der Waals surface area contributed by atoms with Gasteiger partial charge < -0.3 is 19.9 Å². The van der Waals surface area contributed by atoms with Crippen LogP contribution in [0.1, 0.15) is 17.7 Å². The molecule has 7 nitrogen and oxygen atoms in total. The molecule has 0 amide bonds. The normalized spacial score (nSPS) is 14.1. The largest absolute Gasteiger partial charge is 0.391 e. The van der Waals surface area contributed by atoms with E-state index >= 15 is 0 Å². The maximum absolute atomic E-state index is 9.55. The van der Waals surface area contributed by atoms with Crippen molar-refractivity contribution in [1.29, 1.82) is 0 Å². The highest BCUT2D eigenvalue weighted by Gasteiger charge is 2.19. The molecule has 0 radical (unpaired) electrons. The van der Waals surface area contributed by atoms with E-state index in [4.69, 9.17) is 9.97 Å². The standard InChI is InChI=1S/C20H20N6OS/c27-12-15-10-16-18(28-15)19(24-20(22-16)25-8-4-5-9-25)23-17-11-26(13-21-17)14-6-2-1-3-7-14/h1-3,6-7,10-11,13,27H,4-5,8-9,12H2,(H,22,23,24). The molecule has 28 heavy (non-hydrogen) atoms. The van der Waals surface area contributed by atoms with Crippen LogP contribution >= 0.6 is 11.3 Å². The van der Waals surface area contributed by atoms with Crippen molar-refractivity contribution in [3.63, 3.8) is 0 Å². The van der Waals surface area contributed by atoms with Crippen LogP contribution in [0.4, 0.5) is 17.6 Å². The maximum atomic E-state index is 9.55. The highest BCUT2D eigenvalue weighted by molar-refractivity contribution is 7.19. The Kier molecular flexibility index (Phi) is 4.42. The third kappa shape index (κ3) is 3.21. The Morgan fingerprint density at radius 3 is 2.71 bits per heavy atom. The van der Waals surface area contributed by atoms with Crippen LogP contribution in [0.3, 0.4) is 0 Å². The van der Waals surface area contributed by atoms with Gasteiger partial charge in [-0.05, 0) is 31.0 Å². The van der Waals surface area contributed by atoms with Gasteiger partial charge in [0.05, 0.1) is 23.0 Å². The summed E-state index contributed by atoms with van der Waals surface area (Å²) >= 11 is 1.51. The van der Waals surface area contributed by atoms with Crippen molar-refractivity contribution in [2.24, 2.45) is 0 Å². The van der Waals surface area contributed by atoms with E-state index < -0.39 is 0 Å². The van der Waals surface area contributed by atoms with Crippen LogP contribution in [-0.2, 0) is 6.61 Å². The first kappa shape index (κ1) is 17.2. The first-order chi connectivity index (χ1) is 13.8. The Balaban J connectivity index is 1.52. The minimum atomic E-state index is 0.00213. The Morgan fingerprint density at radius 1 is 1.11 bits per heavy atom. The van der Waals surface area contributed by atoms with Crippen LogP contribution in [0.5, 0.6) is 0 Å². The van der Waals surface area contributed by atoms with E-state index in [-0.39, 0.29) is 6.61 Å². The highest BCUT2D eigenvalue weighted by Crippen LogP contribution is 2.33. The zero-order valence-corrected chi connectivity index (χ0v) is 16.1. The van der Waals surface area contributed by atoms with Crippen molar-refractivity contribution in [1.82, 2.24) is 19.5 Å². The number of imidazole rings is 1. The lowest BCUT2D eigenvalue weighted by Gasteiger charge is -2.16. The molecule has 1 aromatic carbocycles. The van der Waals surface area contributed by atoms with Crippen LogP contribution in [0.25, 0.3) is 15.9 Å². The quantitative estimate of drug-likeness (QED) is 0.539. The molecule has 0 bridgehead atoms. The van der Waals surface area contributed by atoms with E-state index in [9.17, 15) is 5.11 Å². The van der Waals surface area contributed by atoms with Gasteiger partial charge in [-0.1, -0.05) is 18.2 Å². The molecule has 0 saturated carbocycles. The number of aliphatic hydroxyl groups excluding tert-OH is 1. The third-order valence-electron chi connectivity index (χ3n) is 4.84. The SMILES string of the molecule is OCc1cc2nc(N3CCCC3)nc(Nc3cn(-c4ccccc4)cn3)c2s1. The molecule has 0 spiro atoms. The second-order valence-electron chi connectivity index (χ2n) is 6.78. The fourth-order valence-electron chi connectivity index (χ4n) is 3.44. The lowest BCUT2D eigenvalue weighted by Crippen LogP contribution is -2.20. The number of anilines is 3. The highest BCUT2D eigenvalue weighted by atomic mass is 32.1. The second-order valence-corrected chi connectivity index (χ2v) is 7.92. The molecular weight excluding hydrogens is 372 g/mol. The number of rotatable bonds is 5. The summed E-state index contributed by atoms with van der Waals surface area (Å²) in [6.45, 7) is 1.96. The molecule has 1 aliphatic heterocycles. The molecule has 1 saturated heterocycles. The van der Waals surface area contributed by atoms with Gasteiger partial charge in [-0.15, -0.1) is 11.3 Å². The van der Waals surface area contributed by atoms with Crippen LogP contribution in [0.2, 0.25) is 0 Å². The molecule has 3 aromatic heterocycles. The van der Waals surface area contributed by atoms with Crippen LogP contribution in [-0.4, -0.2) is 37.7 Å². The topological polar surface area (TPSA) is 79.1 Å². The molecule has 2 N–H and O–H groups in total. The summed E-state index contributed by atoms with van der Waals surface area (Å²) in [6.07, 6.45) is 6.05. The number of hydrogen-bond donors (Lipinski definition) is 2. The zero-order valence-electron chi connectivity index (χ0n) is 15.2. The van der Waals surface area contributed by atoms with Gasteiger partial charge in [0.1, 0.15) is 12.1 Å². The van der Waals surface area contributed by atoms with Crippen molar-refractivity contribution in [3.8, 4) is 5.69 Å². The lowest BCUT2D eigenvalue weighted by atomic mass is 10.3. The molecule has 4 aromatic rings. The minimum Gasteiger partial charge on any atom is -0.391 e. The predicted octanol–water partition coefficient (Wildman–Crippen LogP) is 3.71. The average molecular weight is 392 g/mol. The molecule has 8 heteroatoms. The number of para-hydroxylation sites is 1. The fourth-order valence-corrected chi connectivity index (χ4v) is 4.34. The summed E-state index contributed by atoms with van der Waals surface area (Å²) in [5, 5.41) is 12.9. The first-order valence-corrected chi connectivity index (χ1v) is 10.1. The molecule has 0 atom stereocenters. The van der Waals surface area contributed by atoms with Gasteiger partial charge in [0.2, 0.25) is 5.95 Å². The number of nitrogens with one attached hydrogen (secondary N) is 1. The number of aromatic nitrogens is 4. The molecule has 4 heterocycles. The summed E-state index contributed by atoms with van der Waals surface area (Å²) in [5.74, 6) is 2.18. The summed E-state index contributed by atoms with van der Waals surface area (Å²) < 4.78 is 2.90. The molecule has 1 fully saturated rings. The molecule has 0 aliphatic carbocycles. The van der Waals surface area contributed by atoms with E-state index in [1.165, 1.54) is 11.3 Å². The maximum Gasteiger partial charge on any atom is 0.227 e. The van der Waals surface area contributed by atoms with Gasteiger partial charge >= 0.3 is 0 Å². The smallest absolute Gasteiger partial charge is 0.227 e. The Bertz CT molecular complexity index is 1100. The van der Waals surface area contributed by atoms with E-state index in [1.807, 2.05) is 47.2 Å². The van der Waals surface area contributed by atoms with Crippen molar-refractivity contribution < 1.29 is 5.11 Å². The molecular formula is C20H20N6OS. The number of hydrogen-bond acceptors (Lipinski definition) is 7. The number of benzene rings is 1. The Labute approximate surface area is 166 Å². The third-order valence-corrected chi connectivity index (χ3v) is 5.95. The first-order valence-electron chi connectivity index (χ1n) is 9.33. The van der Waals surface area contributed by atoms with Crippen LogP contribution in [0, 0.1) is 0 Å². The van der Waals surface area contributed by atoms with E-state index in [2.05, 4.69) is 15.2 Å². The van der Waals surface area contributed by atoms with Gasteiger partial charge in [-0.25, -0.2) is 9.97 Å². The molecule has 1 aliphatic rings. The van der Waals surface area contributed by atoms with E-state index in [1.54, 1.807) is 6.33 Å². The van der Waals surface area contributed by atoms with E-state index in [0.29, 0.717) is 0 Å². The fraction of sp³-hybridized carbons (Fsp3) is 0.250. The average Bonchev–Trinajstić information content (AvgIpc) is 3.48. The number of aliphatic hydroxyl groups is 1. The molecule has 0 unspecified atom stereocenters. The summed E-state index contributed by atoms with van der Waals surface area (Å²) in [7, 11) is 0. The summed E-state index contributed by atoms with van der Waals surface area (Å²) in [6, 6.07) is 12.0. The van der Waals surface area contributed by atoms with Gasteiger partial charge in [-0.3, -0.25) is 0 Å². The number of thiophene rings is 1. The van der Waals surface area contributed by atoms with Gasteiger partial charge in [-0.2, -0.15) is 4.98 Å². The Morgan fingerprint density at radius 2 is 1.93 bits per heavy atom. The van der Waals surface area contributed by atoms with Crippen molar-refractivity contribution in [2.45, 2.75) is 19.4 Å². The van der Waals surface area contributed by atoms with Crippen LogP contribution < -0.4 is 10.2 Å². The molecule has 5 rings (SSSR count). The monoisotopic (exact) mass is 392 g/mol. The van der Waals surface area contributed by atoms with Crippen molar-refractivity contribution >= 4 is 39.1 Å². The van der Waals surface area contributed by atoms with Gasteiger partial charge in [0.25, 0.3) is 0 Å². The van der Waals surface area contributed by atoms with Gasteiger partial charge in [0.15, 0.2) is 5.82 Å². The summed E-state index contributed by atoms with van der Waals surface area (Å²) in [4.78, 5) is 17.1. The Hall–Kier alpha value is -2.97. The zero-order chi connectivity index (χ0) is 18.9. The van der Waals surface area contributed by atoms with Crippen molar-refractivity contribution in [2.75, 3.05) is 23.3 Å². The predicted molar refractivity (Wildman–Crippen MR) is 112 cm³/mol. The lowest BCUT2D eigenvalue weighted by molar-refractivity contribution is 0.285. The van der Waals surface area contributed by atoms with Crippen LogP contribution in [0.15, 0.2) is 48.9 Å².